The van der Waals surface area contributed by atoms with Gasteiger partial charge in [0, 0.05) is 24.8 Å². The van der Waals surface area contributed by atoms with Crippen LogP contribution in [0.5, 0.6) is 0 Å². The van der Waals surface area contributed by atoms with E-state index >= 15 is 0 Å². The standard InChI is InChI=1S/C18H18BrN3O3S/c1-21-7-3-4-15(21)16(23)11-26-18-20-14-6-5-12(19)10-13(14)17(24)22(18)8-9-25-2/h3-7,10H,8-9,11H2,1-2H3. The molecule has 0 saturated heterocycles. The Labute approximate surface area is 163 Å². The third-order valence-electron chi connectivity index (χ3n) is 3.96. The molecule has 2 aromatic heterocycles. The normalized spacial score (nSPS) is 11.2. The number of carbonyl (C=O) groups is 1. The van der Waals surface area contributed by atoms with Crippen LogP contribution in [0.25, 0.3) is 10.9 Å². The van der Waals surface area contributed by atoms with E-state index in [0.29, 0.717) is 34.9 Å². The highest BCUT2D eigenvalue weighted by molar-refractivity contribution is 9.10. The summed E-state index contributed by atoms with van der Waals surface area (Å²) in [4.78, 5) is 29.9. The van der Waals surface area contributed by atoms with Crippen molar-refractivity contribution in [3.8, 4) is 0 Å². The van der Waals surface area contributed by atoms with Gasteiger partial charge in [0.1, 0.15) is 0 Å². The van der Waals surface area contributed by atoms with E-state index in [1.807, 2.05) is 25.4 Å². The third kappa shape index (κ3) is 3.92. The lowest BCUT2D eigenvalue weighted by Gasteiger charge is -2.13. The average Bonchev–Trinajstić information content (AvgIpc) is 3.06. The van der Waals surface area contributed by atoms with Crippen LogP contribution in [0.2, 0.25) is 0 Å². The van der Waals surface area contributed by atoms with E-state index in [1.54, 1.807) is 34.4 Å². The van der Waals surface area contributed by atoms with Gasteiger partial charge in [-0.25, -0.2) is 4.98 Å². The largest absolute Gasteiger partial charge is 0.383 e. The second-order valence-electron chi connectivity index (χ2n) is 5.72. The highest BCUT2D eigenvalue weighted by atomic mass is 79.9. The van der Waals surface area contributed by atoms with Gasteiger partial charge < -0.3 is 9.30 Å². The molecule has 1 aromatic carbocycles. The molecule has 0 bridgehead atoms. The van der Waals surface area contributed by atoms with Crippen molar-refractivity contribution in [2.45, 2.75) is 11.7 Å². The number of aryl methyl sites for hydroxylation is 1. The Morgan fingerprint density at radius 1 is 1.35 bits per heavy atom. The van der Waals surface area contributed by atoms with Crippen LogP contribution in [0, 0.1) is 0 Å². The van der Waals surface area contributed by atoms with Crippen LogP contribution in [0.1, 0.15) is 10.5 Å². The van der Waals surface area contributed by atoms with Crippen molar-refractivity contribution in [1.82, 2.24) is 14.1 Å². The molecule has 0 aliphatic heterocycles. The molecule has 0 atom stereocenters. The smallest absolute Gasteiger partial charge is 0.262 e. The Morgan fingerprint density at radius 2 is 2.15 bits per heavy atom. The van der Waals surface area contributed by atoms with E-state index in [0.717, 1.165) is 4.47 Å². The van der Waals surface area contributed by atoms with Crippen molar-refractivity contribution < 1.29 is 9.53 Å². The van der Waals surface area contributed by atoms with Crippen molar-refractivity contribution in [2.75, 3.05) is 19.5 Å². The molecule has 6 nitrogen and oxygen atoms in total. The van der Waals surface area contributed by atoms with Gasteiger partial charge in [-0.3, -0.25) is 14.2 Å². The number of halogens is 1. The first-order valence-electron chi connectivity index (χ1n) is 7.97. The second-order valence-corrected chi connectivity index (χ2v) is 7.58. The van der Waals surface area contributed by atoms with Gasteiger partial charge in [0.15, 0.2) is 10.9 Å². The maximum atomic E-state index is 12.9. The summed E-state index contributed by atoms with van der Waals surface area (Å²) in [5.41, 5.74) is 1.11. The van der Waals surface area contributed by atoms with E-state index in [9.17, 15) is 9.59 Å². The van der Waals surface area contributed by atoms with Crippen LogP contribution in [0.3, 0.4) is 0 Å². The molecule has 3 aromatic rings. The van der Waals surface area contributed by atoms with Gasteiger partial charge in [0.2, 0.25) is 0 Å². The van der Waals surface area contributed by atoms with Crippen LogP contribution in [0.15, 0.2) is 51.0 Å². The molecule has 3 rings (SSSR count). The molecule has 8 heteroatoms. The minimum Gasteiger partial charge on any atom is -0.383 e. The molecule has 0 N–H and O–H groups in total. The molecule has 0 fully saturated rings. The zero-order chi connectivity index (χ0) is 18.7. The quantitative estimate of drug-likeness (QED) is 0.324. The molecule has 0 radical (unpaired) electrons. The number of nitrogens with zero attached hydrogens (tertiary/aromatic N) is 3. The third-order valence-corrected chi connectivity index (χ3v) is 5.43. The topological polar surface area (TPSA) is 66.1 Å². The predicted octanol–water partition coefficient (Wildman–Crippen LogP) is 3.12. The van der Waals surface area contributed by atoms with Crippen molar-refractivity contribution >= 4 is 44.4 Å². The molecular formula is C18H18BrN3O3S. The number of fused-ring (bicyclic) bond motifs is 1. The van der Waals surface area contributed by atoms with Crippen LogP contribution in [-0.2, 0) is 18.3 Å². The van der Waals surface area contributed by atoms with Crippen molar-refractivity contribution in [1.29, 1.82) is 0 Å². The number of ether oxygens (including phenoxy) is 1. The molecule has 0 spiro atoms. The van der Waals surface area contributed by atoms with Gasteiger partial charge in [-0.15, -0.1) is 0 Å². The van der Waals surface area contributed by atoms with Crippen molar-refractivity contribution in [3.05, 3.63) is 57.0 Å². The average molecular weight is 436 g/mol. The summed E-state index contributed by atoms with van der Waals surface area (Å²) in [5, 5.41) is 1.05. The Hall–Kier alpha value is -1.90. The molecule has 0 amide bonds. The number of aromatic nitrogens is 3. The lowest BCUT2D eigenvalue weighted by molar-refractivity contribution is 0.101. The number of Topliss-reactive ketones (excluding diaryl/α,β-unsaturated/α-hetero) is 1. The van der Waals surface area contributed by atoms with Crippen molar-refractivity contribution in [3.63, 3.8) is 0 Å². The molecule has 0 unspecified atom stereocenters. The van der Waals surface area contributed by atoms with Gasteiger partial charge in [-0.05, 0) is 30.3 Å². The first-order valence-corrected chi connectivity index (χ1v) is 9.75. The molecule has 0 aliphatic rings. The summed E-state index contributed by atoms with van der Waals surface area (Å²) in [6, 6.07) is 9.02. The SMILES string of the molecule is COCCn1c(SCC(=O)c2cccn2C)nc2ccc(Br)cc2c1=O. The maximum absolute atomic E-state index is 12.9. The Morgan fingerprint density at radius 3 is 2.85 bits per heavy atom. The lowest BCUT2D eigenvalue weighted by atomic mass is 10.2. The van der Waals surface area contributed by atoms with E-state index in [1.165, 1.54) is 11.8 Å². The van der Waals surface area contributed by atoms with E-state index in [4.69, 9.17) is 4.74 Å². The number of benzene rings is 1. The van der Waals surface area contributed by atoms with Crippen LogP contribution < -0.4 is 5.56 Å². The van der Waals surface area contributed by atoms with E-state index < -0.39 is 0 Å². The van der Waals surface area contributed by atoms with E-state index in [2.05, 4.69) is 20.9 Å². The Balaban J connectivity index is 1.95. The Kier molecular flexibility index (Phi) is 5.95. The number of thioether (sulfide) groups is 1. The molecule has 26 heavy (non-hydrogen) atoms. The fourth-order valence-electron chi connectivity index (χ4n) is 2.62. The van der Waals surface area contributed by atoms with Crippen LogP contribution in [-0.4, -0.2) is 39.4 Å². The summed E-state index contributed by atoms with van der Waals surface area (Å²) >= 11 is 4.66. The zero-order valence-corrected chi connectivity index (χ0v) is 16.8. The molecule has 2 heterocycles. The number of rotatable bonds is 7. The Bertz CT molecular complexity index is 1010. The molecular weight excluding hydrogens is 418 g/mol. The highest BCUT2D eigenvalue weighted by Gasteiger charge is 2.15. The predicted molar refractivity (Wildman–Crippen MR) is 106 cm³/mol. The fourth-order valence-corrected chi connectivity index (χ4v) is 3.88. The second kappa shape index (κ2) is 8.20. The summed E-state index contributed by atoms with van der Waals surface area (Å²) in [6.45, 7) is 0.770. The highest BCUT2D eigenvalue weighted by Crippen LogP contribution is 2.21. The molecule has 0 aliphatic carbocycles. The molecule has 0 saturated carbocycles. The summed E-state index contributed by atoms with van der Waals surface area (Å²) in [6.07, 6.45) is 1.83. The number of hydrogen-bond donors (Lipinski definition) is 0. The minimum absolute atomic E-state index is 0.00839. The number of carbonyl (C=O) groups excluding carboxylic acids is 1. The number of methoxy groups -OCH3 is 1. The summed E-state index contributed by atoms with van der Waals surface area (Å²) in [5.74, 6) is 0.199. The van der Waals surface area contributed by atoms with E-state index in [-0.39, 0.29) is 17.1 Å². The van der Waals surface area contributed by atoms with Crippen LogP contribution >= 0.6 is 27.7 Å². The lowest BCUT2D eigenvalue weighted by Crippen LogP contribution is -2.25. The number of ketones is 1. The van der Waals surface area contributed by atoms with Gasteiger partial charge in [0.25, 0.3) is 5.56 Å². The van der Waals surface area contributed by atoms with Crippen molar-refractivity contribution in [2.24, 2.45) is 7.05 Å². The van der Waals surface area contributed by atoms with Gasteiger partial charge in [-0.1, -0.05) is 27.7 Å². The zero-order valence-electron chi connectivity index (χ0n) is 14.4. The van der Waals surface area contributed by atoms with Gasteiger partial charge >= 0.3 is 0 Å². The maximum Gasteiger partial charge on any atom is 0.262 e. The first kappa shape index (κ1) is 18.9. The number of hydrogen-bond acceptors (Lipinski definition) is 5. The van der Waals surface area contributed by atoms with Crippen LogP contribution in [0.4, 0.5) is 0 Å². The monoisotopic (exact) mass is 435 g/mol. The summed E-state index contributed by atoms with van der Waals surface area (Å²) in [7, 11) is 3.42. The van der Waals surface area contributed by atoms with Gasteiger partial charge in [-0.2, -0.15) is 0 Å². The van der Waals surface area contributed by atoms with Gasteiger partial charge in [0.05, 0.1) is 35.5 Å². The molecule has 136 valence electrons. The summed E-state index contributed by atoms with van der Waals surface area (Å²) < 4.78 is 9.29. The fraction of sp³-hybridized carbons (Fsp3) is 0.278. The minimum atomic E-state index is -0.137. The first-order chi connectivity index (χ1) is 12.5.